The molecule has 2 aliphatic carbocycles. The number of hydrogen-bond donors (Lipinski definition) is 2. The summed E-state index contributed by atoms with van der Waals surface area (Å²) in [7, 11) is 0. The van der Waals surface area contributed by atoms with Gasteiger partial charge in [-0.3, -0.25) is 9.59 Å². The summed E-state index contributed by atoms with van der Waals surface area (Å²) in [6.07, 6.45) is 6.23. The first-order valence-corrected chi connectivity index (χ1v) is 8.98. The van der Waals surface area contributed by atoms with Crippen molar-refractivity contribution < 1.29 is 24.2 Å². The van der Waals surface area contributed by atoms with Crippen molar-refractivity contribution in [3.63, 3.8) is 0 Å². The van der Waals surface area contributed by atoms with Gasteiger partial charge in [-0.25, -0.2) is 0 Å². The monoisotopic (exact) mass is 345 g/mol. The van der Waals surface area contributed by atoms with Crippen molar-refractivity contribution in [1.29, 1.82) is 0 Å². The zero-order valence-corrected chi connectivity index (χ0v) is 14.2. The molecule has 1 aromatic rings. The highest BCUT2D eigenvalue weighted by molar-refractivity contribution is 6.04. The molecule has 134 valence electrons. The number of carboxylic acids is 1. The molecule has 3 aliphatic rings. The van der Waals surface area contributed by atoms with Crippen LogP contribution in [0.15, 0.2) is 18.2 Å². The number of hydrogen-bond acceptors (Lipinski definition) is 4. The Hall–Kier alpha value is -2.24. The third-order valence-corrected chi connectivity index (χ3v) is 5.98. The maximum absolute atomic E-state index is 12.4. The lowest BCUT2D eigenvalue weighted by atomic mass is 9.69. The summed E-state index contributed by atoms with van der Waals surface area (Å²) >= 11 is 0. The van der Waals surface area contributed by atoms with E-state index in [1.165, 1.54) is 6.42 Å². The smallest absolute Gasteiger partial charge is 0.319 e. The summed E-state index contributed by atoms with van der Waals surface area (Å²) in [6, 6.07) is 5.99. The fourth-order valence-electron chi connectivity index (χ4n) is 4.10. The van der Waals surface area contributed by atoms with Crippen LogP contribution in [0.4, 0.5) is 0 Å². The van der Waals surface area contributed by atoms with E-state index in [0.717, 1.165) is 42.7 Å². The third-order valence-electron chi connectivity index (χ3n) is 5.98. The normalized spacial score (nSPS) is 22.2. The molecule has 1 aromatic carbocycles. The van der Waals surface area contributed by atoms with Crippen LogP contribution in [0.1, 0.15) is 50.5 Å². The van der Waals surface area contributed by atoms with Crippen LogP contribution in [0.5, 0.6) is 11.5 Å². The lowest BCUT2D eigenvalue weighted by Crippen LogP contribution is -2.46. The molecule has 1 amide bonds. The first-order valence-electron chi connectivity index (χ1n) is 8.98. The number of fused-ring (bicyclic) bond motifs is 1. The quantitative estimate of drug-likeness (QED) is 0.801. The van der Waals surface area contributed by atoms with E-state index >= 15 is 0 Å². The van der Waals surface area contributed by atoms with Crippen molar-refractivity contribution >= 4 is 11.9 Å². The molecule has 2 fully saturated rings. The van der Waals surface area contributed by atoms with E-state index in [2.05, 4.69) is 11.4 Å². The molecule has 6 heteroatoms. The Kier molecular flexibility index (Phi) is 3.85. The third kappa shape index (κ3) is 2.73. The molecule has 0 spiro atoms. The number of aliphatic carboxylic acids is 1. The second-order valence-corrected chi connectivity index (χ2v) is 7.48. The van der Waals surface area contributed by atoms with Crippen molar-refractivity contribution in [2.45, 2.75) is 50.4 Å². The molecule has 0 radical (unpaired) electrons. The van der Waals surface area contributed by atoms with Gasteiger partial charge in [0.15, 0.2) is 11.5 Å². The average Bonchev–Trinajstić information content (AvgIpc) is 3.32. The van der Waals surface area contributed by atoms with Gasteiger partial charge in [-0.05, 0) is 43.4 Å². The second-order valence-electron chi connectivity index (χ2n) is 7.48. The van der Waals surface area contributed by atoms with E-state index in [4.69, 9.17) is 9.47 Å². The molecule has 0 bridgehead atoms. The predicted octanol–water partition coefficient (Wildman–Crippen LogP) is 2.60. The van der Waals surface area contributed by atoms with Crippen LogP contribution in [-0.4, -0.2) is 30.3 Å². The highest BCUT2D eigenvalue weighted by atomic mass is 16.7. The van der Waals surface area contributed by atoms with Gasteiger partial charge in [-0.2, -0.15) is 0 Å². The Morgan fingerprint density at radius 1 is 1.04 bits per heavy atom. The van der Waals surface area contributed by atoms with E-state index in [1.807, 2.05) is 12.1 Å². The van der Waals surface area contributed by atoms with E-state index in [-0.39, 0.29) is 18.1 Å². The molecular weight excluding hydrogens is 322 g/mol. The van der Waals surface area contributed by atoms with Crippen molar-refractivity contribution in [3.05, 3.63) is 23.8 Å². The minimum atomic E-state index is -1.19. The van der Waals surface area contributed by atoms with Crippen molar-refractivity contribution in [2.24, 2.45) is 5.41 Å². The standard InChI is InChI=1S/C19H23NO5/c21-16(19(8-9-19)17(22)23)20-11-18(6-2-1-3-7-18)13-4-5-14-15(10-13)25-12-24-14/h4-5,10H,1-3,6-9,11-12H2,(H,20,21)(H,22,23). The topological polar surface area (TPSA) is 84.9 Å². The van der Waals surface area contributed by atoms with Gasteiger partial charge in [-0.15, -0.1) is 0 Å². The summed E-state index contributed by atoms with van der Waals surface area (Å²) in [4.78, 5) is 23.8. The molecule has 0 atom stereocenters. The molecule has 2 N–H and O–H groups in total. The summed E-state index contributed by atoms with van der Waals surface area (Å²) in [5.41, 5.74) is -0.217. The number of benzene rings is 1. The Balaban J connectivity index is 1.55. The van der Waals surface area contributed by atoms with Crippen molar-refractivity contribution in [1.82, 2.24) is 5.32 Å². The minimum Gasteiger partial charge on any atom is -0.480 e. The summed E-state index contributed by atoms with van der Waals surface area (Å²) in [5, 5.41) is 12.3. The van der Waals surface area contributed by atoms with Crippen LogP contribution < -0.4 is 14.8 Å². The molecule has 0 unspecified atom stereocenters. The van der Waals surface area contributed by atoms with Crippen LogP contribution in [0.25, 0.3) is 0 Å². The van der Waals surface area contributed by atoms with Gasteiger partial charge < -0.3 is 19.9 Å². The van der Waals surface area contributed by atoms with E-state index in [1.54, 1.807) is 0 Å². The minimum absolute atomic E-state index is 0.163. The Morgan fingerprint density at radius 3 is 2.44 bits per heavy atom. The van der Waals surface area contributed by atoms with Crippen molar-refractivity contribution in [3.8, 4) is 11.5 Å². The van der Waals surface area contributed by atoms with Gasteiger partial charge in [0.2, 0.25) is 12.7 Å². The predicted molar refractivity (Wildman–Crippen MR) is 89.6 cm³/mol. The molecule has 1 heterocycles. The average molecular weight is 345 g/mol. The van der Waals surface area contributed by atoms with Crippen LogP contribution in [0.2, 0.25) is 0 Å². The Labute approximate surface area is 146 Å². The van der Waals surface area contributed by atoms with Gasteiger partial charge in [0.25, 0.3) is 0 Å². The highest BCUT2D eigenvalue weighted by Gasteiger charge is 2.57. The SMILES string of the molecule is O=C(O)C1(C(=O)NCC2(c3ccc4c(c3)OCO4)CCCCC2)CC1. The largest absolute Gasteiger partial charge is 0.480 e. The number of carbonyl (C=O) groups is 2. The van der Waals surface area contributed by atoms with Crippen LogP contribution in [0.3, 0.4) is 0 Å². The molecule has 6 nitrogen and oxygen atoms in total. The van der Waals surface area contributed by atoms with Crippen LogP contribution in [0, 0.1) is 5.41 Å². The van der Waals surface area contributed by atoms with Gasteiger partial charge in [0.05, 0.1) is 0 Å². The Morgan fingerprint density at radius 2 is 1.76 bits per heavy atom. The van der Waals surface area contributed by atoms with E-state index < -0.39 is 11.4 Å². The summed E-state index contributed by atoms with van der Waals surface area (Å²) in [5.74, 6) is 0.149. The van der Waals surface area contributed by atoms with Crippen LogP contribution >= 0.6 is 0 Å². The van der Waals surface area contributed by atoms with Gasteiger partial charge in [0.1, 0.15) is 5.41 Å². The molecule has 25 heavy (non-hydrogen) atoms. The molecule has 2 saturated carbocycles. The number of carboxylic acid groups (broad SMARTS) is 1. The Bertz CT molecular complexity index is 704. The lowest BCUT2D eigenvalue weighted by molar-refractivity contribution is -0.149. The number of amides is 1. The van der Waals surface area contributed by atoms with Crippen LogP contribution in [-0.2, 0) is 15.0 Å². The first kappa shape index (κ1) is 16.2. The summed E-state index contributed by atoms with van der Waals surface area (Å²) < 4.78 is 10.9. The lowest BCUT2D eigenvalue weighted by Gasteiger charge is -2.38. The van der Waals surface area contributed by atoms with E-state index in [9.17, 15) is 14.7 Å². The molecule has 4 rings (SSSR count). The molecular formula is C19H23NO5. The van der Waals surface area contributed by atoms with Gasteiger partial charge >= 0.3 is 5.97 Å². The summed E-state index contributed by atoms with van der Waals surface area (Å²) in [6.45, 7) is 0.712. The first-order chi connectivity index (χ1) is 12.1. The zero-order valence-electron chi connectivity index (χ0n) is 14.2. The fraction of sp³-hybridized carbons (Fsp3) is 0.579. The molecule has 0 saturated heterocycles. The molecule has 1 aliphatic heterocycles. The number of carbonyl (C=O) groups excluding carboxylic acids is 1. The number of nitrogens with one attached hydrogen (secondary N) is 1. The maximum Gasteiger partial charge on any atom is 0.319 e. The molecule has 0 aromatic heterocycles. The fourth-order valence-corrected chi connectivity index (χ4v) is 4.10. The highest BCUT2D eigenvalue weighted by Crippen LogP contribution is 2.47. The van der Waals surface area contributed by atoms with Gasteiger partial charge in [0, 0.05) is 12.0 Å². The van der Waals surface area contributed by atoms with Crippen molar-refractivity contribution in [2.75, 3.05) is 13.3 Å². The zero-order chi connectivity index (χ0) is 17.5. The van der Waals surface area contributed by atoms with E-state index in [0.29, 0.717) is 19.4 Å². The number of ether oxygens (including phenoxy) is 2. The number of rotatable bonds is 5. The second kappa shape index (κ2) is 5.93. The maximum atomic E-state index is 12.4. The van der Waals surface area contributed by atoms with Gasteiger partial charge in [-0.1, -0.05) is 25.3 Å².